The van der Waals surface area contributed by atoms with E-state index in [4.69, 9.17) is 4.42 Å². The van der Waals surface area contributed by atoms with Gasteiger partial charge in [-0.1, -0.05) is 48.6 Å². The topological polar surface area (TPSA) is 68.0 Å². The van der Waals surface area contributed by atoms with Gasteiger partial charge in [0.2, 0.25) is 5.89 Å². The summed E-state index contributed by atoms with van der Waals surface area (Å²) in [6, 6.07) is 18.9. The summed E-state index contributed by atoms with van der Waals surface area (Å²) in [6.07, 6.45) is 5.79. The Balaban J connectivity index is 1.48. The molecule has 3 aromatic rings. The van der Waals surface area contributed by atoms with E-state index in [0.717, 1.165) is 24.0 Å². The van der Waals surface area contributed by atoms with Crippen LogP contribution in [-0.4, -0.2) is 16.1 Å². The summed E-state index contributed by atoms with van der Waals surface area (Å²) >= 11 is 0. The average molecular weight is 345 g/mol. The first-order chi connectivity index (χ1) is 12.8. The van der Waals surface area contributed by atoms with Gasteiger partial charge in [0, 0.05) is 11.5 Å². The third-order valence-electron chi connectivity index (χ3n) is 4.73. The summed E-state index contributed by atoms with van der Waals surface area (Å²) in [6.45, 7) is 0. The van der Waals surface area contributed by atoms with Crippen molar-refractivity contribution in [2.24, 2.45) is 0 Å². The van der Waals surface area contributed by atoms with Gasteiger partial charge in [0.15, 0.2) is 0 Å². The summed E-state index contributed by atoms with van der Waals surface area (Å²) in [7, 11) is 0. The molecule has 0 saturated heterocycles. The van der Waals surface area contributed by atoms with Gasteiger partial charge in [-0.25, -0.2) is 0 Å². The Bertz CT molecular complexity index is 883. The van der Waals surface area contributed by atoms with E-state index in [1.807, 2.05) is 30.3 Å². The maximum Gasteiger partial charge on any atom is 0.322 e. The number of nitrogens with one attached hydrogen (secondary N) is 1. The first kappa shape index (κ1) is 16.3. The molecule has 5 heteroatoms. The van der Waals surface area contributed by atoms with Crippen molar-refractivity contribution in [3.8, 4) is 11.1 Å². The lowest BCUT2D eigenvalue weighted by Gasteiger charge is -2.17. The smallest absolute Gasteiger partial charge is 0.322 e. The van der Waals surface area contributed by atoms with Crippen molar-refractivity contribution in [1.29, 1.82) is 0 Å². The summed E-state index contributed by atoms with van der Waals surface area (Å²) < 4.78 is 5.67. The molecule has 1 aliphatic carbocycles. The van der Waals surface area contributed by atoms with Gasteiger partial charge in [-0.3, -0.25) is 10.1 Å². The molecule has 5 nitrogen and oxygen atoms in total. The maximum absolute atomic E-state index is 12.5. The number of carbonyl (C=O) groups is 1. The molecule has 1 fully saturated rings. The van der Waals surface area contributed by atoms with Gasteiger partial charge in [0.05, 0.1) is 0 Å². The van der Waals surface area contributed by atoms with Crippen molar-refractivity contribution in [2.45, 2.75) is 38.0 Å². The molecule has 0 aliphatic heterocycles. The lowest BCUT2D eigenvalue weighted by molar-refractivity contribution is 0.102. The van der Waals surface area contributed by atoms with E-state index in [9.17, 15) is 4.79 Å². The van der Waals surface area contributed by atoms with Crippen LogP contribution in [0.25, 0.3) is 11.1 Å². The molecule has 0 atom stereocenters. The minimum Gasteiger partial charge on any atom is -0.408 e. The van der Waals surface area contributed by atoms with Crippen molar-refractivity contribution in [1.82, 2.24) is 10.2 Å². The van der Waals surface area contributed by atoms with Crippen molar-refractivity contribution in [3.63, 3.8) is 0 Å². The molecule has 0 spiro atoms. The quantitative estimate of drug-likeness (QED) is 0.748. The summed E-state index contributed by atoms with van der Waals surface area (Å²) in [5.41, 5.74) is 2.46. The number of nitrogens with zero attached hydrogens (tertiary/aromatic N) is 2. The zero-order valence-corrected chi connectivity index (χ0v) is 14.4. The van der Waals surface area contributed by atoms with Gasteiger partial charge >= 0.3 is 6.01 Å². The third kappa shape index (κ3) is 3.60. The van der Waals surface area contributed by atoms with Gasteiger partial charge in [-0.2, -0.15) is 0 Å². The van der Waals surface area contributed by atoms with Crippen LogP contribution in [0.3, 0.4) is 0 Å². The lowest BCUT2D eigenvalue weighted by atomic mass is 9.89. The number of anilines is 1. The number of benzene rings is 1. The van der Waals surface area contributed by atoms with E-state index in [0.29, 0.717) is 17.4 Å². The van der Waals surface area contributed by atoms with Gasteiger partial charge in [-0.15, -0.1) is 5.10 Å². The highest BCUT2D eigenvalue weighted by Crippen LogP contribution is 2.32. The molecule has 2 aromatic carbocycles. The Kier molecular flexibility index (Phi) is 4.65. The second kappa shape index (κ2) is 7.40. The summed E-state index contributed by atoms with van der Waals surface area (Å²) in [4.78, 5) is 12.5. The molecule has 0 radical (unpaired) electrons. The summed E-state index contributed by atoms with van der Waals surface area (Å²) in [5.74, 6) is 0.679. The third-order valence-corrected chi connectivity index (χ3v) is 4.73. The number of hydrogen-bond donors (Lipinski definition) is 1. The molecule has 1 amide bonds. The molecule has 4 rings (SSSR count). The molecule has 1 saturated carbocycles. The normalized spacial score (nSPS) is 14.6. The first-order valence-corrected chi connectivity index (χ1v) is 8.92. The zero-order chi connectivity index (χ0) is 17.8. The van der Waals surface area contributed by atoms with Crippen LogP contribution >= 0.6 is 0 Å². The van der Waals surface area contributed by atoms with Crippen LogP contribution in [0.15, 0.2) is 46.9 Å². The molecule has 0 unspecified atom stereocenters. The second-order valence-corrected chi connectivity index (χ2v) is 6.54. The van der Waals surface area contributed by atoms with Gasteiger partial charge in [0.1, 0.15) is 0 Å². The van der Waals surface area contributed by atoms with Crippen molar-refractivity contribution in [3.05, 3.63) is 66.1 Å². The van der Waals surface area contributed by atoms with Crippen LogP contribution in [0.2, 0.25) is 0 Å². The highest BCUT2D eigenvalue weighted by molar-refractivity contribution is 6.03. The van der Waals surface area contributed by atoms with Crippen molar-refractivity contribution >= 4 is 11.9 Å². The van der Waals surface area contributed by atoms with Crippen LogP contribution in [0.5, 0.6) is 0 Å². The summed E-state index contributed by atoms with van der Waals surface area (Å²) in [5, 5.41) is 10.8. The predicted octanol–water partition coefficient (Wildman–Crippen LogP) is 4.64. The molecular weight excluding hydrogens is 326 g/mol. The Hall–Kier alpha value is -3.13. The lowest BCUT2D eigenvalue weighted by Crippen LogP contribution is -2.12. The molecular formula is C21H19N3O2. The Morgan fingerprint density at radius 2 is 1.96 bits per heavy atom. The number of hydrogen-bond acceptors (Lipinski definition) is 4. The largest absolute Gasteiger partial charge is 0.408 e. The van der Waals surface area contributed by atoms with Crippen molar-refractivity contribution < 1.29 is 9.21 Å². The average Bonchev–Trinajstić information content (AvgIpc) is 3.18. The standard InChI is InChI=1S/C21H19N3O2/c25-19(18-13-7-12-17(14-18)15-8-3-1-4-9-15)22-21-24-23-20(26-21)16-10-5-2-6-11-16/h3,7-9,12-14,16H,2,5-6,10-11H2,(H,22,24,25). The van der Waals surface area contributed by atoms with Crippen LogP contribution in [-0.2, 0) is 0 Å². The van der Waals surface area contributed by atoms with Crippen LogP contribution in [0.4, 0.5) is 6.01 Å². The number of rotatable bonds is 4. The number of carbonyl (C=O) groups excluding carboxylic acids is 1. The molecule has 26 heavy (non-hydrogen) atoms. The number of aromatic nitrogens is 2. The van der Waals surface area contributed by atoms with E-state index in [2.05, 4.69) is 27.6 Å². The monoisotopic (exact) mass is 345 g/mol. The fourth-order valence-electron chi connectivity index (χ4n) is 3.34. The molecule has 1 aromatic heterocycles. The van der Waals surface area contributed by atoms with E-state index >= 15 is 0 Å². The highest BCUT2D eigenvalue weighted by atomic mass is 16.4. The molecule has 0 bridgehead atoms. The fraction of sp³-hybridized carbons (Fsp3) is 0.286. The molecule has 130 valence electrons. The Labute approximate surface area is 152 Å². The minimum absolute atomic E-state index is 0.156. The van der Waals surface area contributed by atoms with Gasteiger partial charge in [0.25, 0.3) is 5.91 Å². The SMILES string of the molecule is O=C(Nc1nnc(C2CCCCC2)o1)c1cccc(-c2cc#ccc2)c1. The van der Waals surface area contributed by atoms with Crippen LogP contribution in [0.1, 0.15) is 54.3 Å². The van der Waals surface area contributed by atoms with Gasteiger partial charge in [-0.05, 0) is 54.3 Å². The zero-order valence-electron chi connectivity index (χ0n) is 14.4. The molecule has 1 heterocycles. The second-order valence-electron chi connectivity index (χ2n) is 6.54. The van der Waals surface area contributed by atoms with E-state index in [1.165, 1.54) is 19.3 Å². The molecule has 1 N–H and O–H groups in total. The number of amides is 1. The van der Waals surface area contributed by atoms with Crippen molar-refractivity contribution in [2.75, 3.05) is 5.32 Å². The van der Waals surface area contributed by atoms with E-state index < -0.39 is 0 Å². The Morgan fingerprint density at radius 1 is 1.08 bits per heavy atom. The van der Waals surface area contributed by atoms with Gasteiger partial charge < -0.3 is 4.42 Å². The van der Waals surface area contributed by atoms with E-state index in [-0.39, 0.29) is 11.9 Å². The predicted molar refractivity (Wildman–Crippen MR) is 97.6 cm³/mol. The highest BCUT2D eigenvalue weighted by Gasteiger charge is 2.22. The van der Waals surface area contributed by atoms with Crippen LogP contribution < -0.4 is 5.32 Å². The van der Waals surface area contributed by atoms with E-state index in [1.54, 1.807) is 12.1 Å². The first-order valence-electron chi connectivity index (χ1n) is 8.92. The fourth-order valence-corrected chi connectivity index (χ4v) is 3.34. The van der Waals surface area contributed by atoms with Crippen LogP contribution in [0, 0.1) is 12.1 Å². The maximum atomic E-state index is 12.5. The molecule has 1 aliphatic rings. The Morgan fingerprint density at radius 3 is 2.77 bits per heavy atom. The minimum atomic E-state index is -0.267.